The SMILES string of the molecule is C=CC(=O)Cl.C=CC(=O)Cl. The van der Waals surface area contributed by atoms with Gasteiger partial charge in [-0.1, -0.05) is 13.2 Å². The first-order valence-electron chi connectivity index (χ1n) is 2.18. The molecule has 0 radical (unpaired) electrons. The van der Waals surface area contributed by atoms with Gasteiger partial charge in [0.15, 0.2) is 0 Å². The van der Waals surface area contributed by atoms with Gasteiger partial charge < -0.3 is 0 Å². The van der Waals surface area contributed by atoms with E-state index in [4.69, 9.17) is 23.2 Å². The van der Waals surface area contributed by atoms with Crippen molar-refractivity contribution in [2.75, 3.05) is 0 Å². The Kier molecular flexibility index (Phi) is 10.2. The molecule has 0 saturated heterocycles. The summed E-state index contributed by atoms with van der Waals surface area (Å²) in [5.74, 6) is 0. The Labute approximate surface area is 69.1 Å². The van der Waals surface area contributed by atoms with Crippen LogP contribution in [0.25, 0.3) is 0 Å². The third-order valence-electron chi connectivity index (χ3n) is 0.321. The molecule has 0 unspecified atom stereocenters. The lowest BCUT2D eigenvalue weighted by molar-refractivity contribution is -0.108. The maximum absolute atomic E-state index is 9.46. The minimum absolute atomic E-state index is 0.509. The predicted octanol–water partition coefficient (Wildman–Crippen LogP) is 1.88. The highest BCUT2D eigenvalue weighted by molar-refractivity contribution is 6.66. The first-order chi connectivity index (χ1) is 4.54. The molecule has 10 heavy (non-hydrogen) atoms. The second-order valence-corrected chi connectivity index (χ2v) is 1.76. The van der Waals surface area contributed by atoms with Crippen LogP contribution < -0.4 is 0 Å². The second-order valence-electron chi connectivity index (χ2n) is 1.02. The molecule has 0 aliphatic heterocycles. The van der Waals surface area contributed by atoms with Gasteiger partial charge in [0.05, 0.1) is 0 Å². The standard InChI is InChI=1S/2C3H3ClO/c2*1-2-3(4)5/h2*2H,1H2. The minimum Gasteiger partial charge on any atom is -0.276 e. The Bertz CT molecular complexity index is 134. The highest BCUT2D eigenvalue weighted by atomic mass is 35.5. The Balaban J connectivity index is 0. The molecule has 0 bridgehead atoms. The molecular weight excluding hydrogens is 175 g/mol. The van der Waals surface area contributed by atoms with Gasteiger partial charge in [-0.2, -0.15) is 0 Å². The molecule has 0 saturated carbocycles. The molecule has 0 aliphatic carbocycles. The summed E-state index contributed by atoms with van der Waals surface area (Å²) in [6, 6.07) is 0. The number of hydrogen-bond donors (Lipinski definition) is 0. The van der Waals surface area contributed by atoms with Crippen molar-refractivity contribution in [2.24, 2.45) is 0 Å². The summed E-state index contributed by atoms with van der Waals surface area (Å²) < 4.78 is 0. The molecule has 0 aromatic heterocycles. The van der Waals surface area contributed by atoms with E-state index in [-0.39, 0.29) is 0 Å². The lowest BCUT2D eigenvalue weighted by atomic mass is 10.7. The minimum atomic E-state index is -0.509. The molecule has 56 valence electrons. The molecule has 0 aromatic carbocycles. The summed E-state index contributed by atoms with van der Waals surface area (Å²) in [6.45, 7) is 6.16. The Morgan fingerprint density at radius 2 is 1.10 bits per heavy atom. The van der Waals surface area contributed by atoms with Crippen LogP contribution in [0.15, 0.2) is 25.3 Å². The van der Waals surface area contributed by atoms with Gasteiger partial charge in [0.25, 0.3) is 0 Å². The molecule has 0 spiro atoms. The number of carbonyl (C=O) groups excluding carboxylic acids is 2. The maximum Gasteiger partial charge on any atom is 0.244 e. The van der Waals surface area contributed by atoms with Crippen molar-refractivity contribution < 1.29 is 9.59 Å². The maximum atomic E-state index is 9.46. The molecule has 2 nitrogen and oxygen atoms in total. The summed E-state index contributed by atoms with van der Waals surface area (Å²) in [5.41, 5.74) is 0. The van der Waals surface area contributed by atoms with Gasteiger partial charge in [0.2, 0.25) is 10.5 Å². The zero-order chi connectivity index (χ0) is 8.57. The molecule has 0 aromatic rings. The van der Waals surface area contributed by atoms with Gasteiger partial charge in [-0.3, -0.25) is 9.59 Å². The van der Waals surface area contributed by atoms with Gasteiger partial charge in [-0.15, -0.1) is 0 Å². The predicted molar refractivity (Wildman–Crippen MR) is 42.1 cm³/mol. The Hall–Kier alpha value is -0.600. The fraction of sp³-hybridized carbons (Fsp3) is 0. The first-order valence-corrected chi connectivity index (χ1v) is 2.94. The molecule has 0 N–H and O–H groups in total. The van der Waals surface area contributed by atoms with E-state index in [9.17, 15) is 9.59 Å². The van der Waals surface area contributed by atoms with E-state index in [1.54, 1.807) is 0 Å². The summed E-state index contributed by atoms with van der Waals surface area (Å²) >= 11 is 9.41. The molecule has 4 heteroatoms. The van der Waals surface area contributed by atoms with Crippen molar-refractivity contribution in [3.05, 3.63) is 25.3 Å². The topological polar surface area (TPSA) is 34.1 Å². The molecule has 0 fully saturated rings. The molecule has 0 aliphatic rings. The van der Waals surface area contributed by atoms with Crippen molar-refractivity contribution in [1.29, 1.82) is 0 Å². The molecular formula is C6H6Cl2O2. The summed E-state index contributed by atoms with van der Waals surface area (Å²) in [7, 11) is 0. The van der Waals surface area contributed by atoms with E-state index in [0.29, 0.717) is 0 Å². The van der Waals surface area contributed by atoms with Gasteiger partial charge in [0.1, 0.15) is 0 Å². The van der Waals surface area contributed by atoms with Crippen LogP contribution in [-0.4, -0.2) is 10.5 Å². The Morgan fingerprint density at radius 3 is 1.10 bits per heavy atom. The van der Waals surface area contributed by atoms with Crippen LogP contribution in [0, 0.1) is 0 Å². The summed E-state index contributed by atoms with van der Waals surface area (Å²) in [5, 5.41) is -1.02. The van der Waals surface area contributed by atoms with Crippen LogP contribution in [0.3, 0.4) is 0 Å². The van der Waals surface area contributed by atoms with Crippen LogP contribution in [0.2, 0.25) is 0 Å². The smallest absolute Gasteiger partial charge is 0.244 e. The van der Waals surface area contributed by atoms with Crippen LogP contribution in [-0.2, 0) is 9.59 Å². The van der Waals surface area contributed by atoms with Crippen molar-refractivity contribution >= 4 is 33.7 Å². The van der Waals surface area contributed by atoms with Gasteiger partial charge in [-0.05, 0) is 35.4 Å². The van der Waals surface area contributed by atoms with Crippen LogP contribution >= 0.6 is 23.2 Å². The summed E-state index contributed by atoms with van der Waals surface area (Å²) in [6.07, 6.45) is 2.09. The highest BCUT2D eigenvalue weighted by Gasteiger charge is 1.74. The van der Waals surface area contributed by atoms with Crippen LogP contribution in [0.1, 0.15) is 0 Å². The van der Waals surface area contributed by atoms with E-state index in [0.717, 1.165) is 12.2 Å². The number of halogens is 2. The monoisotopic (exact) mass is 180 g/mol. The number of hydrogen-bond acceptors (Lipinski definition) is 2. The van der Waals surface area contributed by atoms with Crippen molar-refractivity contribution in [3.8, 4) is 0 Å². The fourth-order valence-electron chi connectivity index (χ4n) is 0. The number of allylic oxidation sites excluding steroid dienone is 2. The number of carbonyl (C=O) groups is 2. The van der Waals surface area contributed by atoms with E-state index < -0.39 is 10.5 Å². The zero-order valence-electron chi connectivity index (χ0n) is 5.14. The molecule has 0 atom stereocenters. The van der Waals surface area contributed by atoms with Crippen molar-refractivity contribution in [1.82, 2.24) is 0 Å². The van der Waals surface area contributed by atoms with Crippen LogP contribution in [0.4, 0.5) is 0 Å². The van der Waals surface area contributed by atoms with Crippen molar-refractivity contribution in [3.63, 3.8) is 0 Å². The summed E-state index contributed by atoms with van der Waals surface area (Å²) in [4.78, 5) is 18.9. The zero-order valence-corrected chi connectivity index (χ0v) is 6.65. The number of rotatable bonds is 2. The van der Waals surface area contributed by atoms with Gasteiger partial charge >= 0.3 is 0 Å². The largest absolute Gasteiger partial charge is 0.276 e. The van der Waals surface area contributed by atoms with Crippen LogP contribution in [0.5, 0.6) is 0 Å². The third kappa shape index (κ3) is 26.2. The van der Waals surface area contributed by atoms with E-state index in [2.05, 4.69) is 13.2 Å². The third-order valence-corrected chi connectivity index (χ3v) is 0.630. The molecule has 0 amide bonds. The highest BCUT2D eigenvalue weighted by Crippen LogP contribution is 1.74. The lowest BCUT2D eigenvalue weighted by Gasteiger charge is -1.59. The van der Waals surface area contributed by atoms with Gasteiger partial charge in [-0.25, -0.2) is 0 Å². The first kappa shape index (κ1) is 12.1. The molecule has 0 rings (SSSR count). The molecule has 0 heterocycles. The normalized spacial score (nSPS) is 6.60. The second kappa shape index (κ2) is 8.40. The average Bonchev–Trinajstić information content (AvgIpc) is 1.89. The van der Waals surface area contributed by atoms with E-state index in [1.165, 1.54) is 0 Å². The Morgan fingerprint density at radius 1 is 1.00 bits per heavy atom. The van der Waals surface area contributed by atoms with Crippen molar-refractivity contribution in [2.45, 2.75) is 0 Å². The lowest BCUT2D eigenvalue weighted by Crippen LogP contribution is -1.67. The van der Waals surface area contributed by atoms with E-state index >= 15 is 0 Å². The average molecular weight is 181 g/mol. The van der Waals surface area contributed by atoms with E-state index in [1.807, 2.05) is 0 Å². The quantitative estimate of drug-likeness (QED) is 0.481. The van der Waals surface area contributed by atoms with Gasteiger partial charge in [0, 0.05) is 0 Å². The fourth-order valence-corrected chi connectivity index (χ4v) is 0.